The minimum Gasteiger partial charge on any atom is -0.491 e. The van der Waals surface area contributed by atoms with Gasteiger partial charge in [-0.3, -0.25) is 14.8 Å². The van der Waals surface area contributed by atoms with Crippen LogP contribution in [0.1, 0.15) is 21.9 Å². The molecule has 0 saturated carbocycles. The van der Waals surface area contributed by atoms with E-state index in [2.05, 4.69) is 20.3 Å². The van der Waals surface area contributed by atoms with E-state index in [4.69, 9.17) is 21.2 Å². The third-order valence-corrected chi connectivity index (χ3v) is 5.91. The number of benzene rings is 2. The molecule has 5 aromatic rings. The molecule has 0 atom stereocenters. The third kappa shape index (κ3) is 5.30. The van der Waals surface area contributed by atoms with Crippen LogP contribution in [0.3, 0.4) is 0 Å². The Balaban J connectivity index is 1.51. The molecule has 192 valence electrons. The number of hydrogen-bond acceptors (Lipinski definition) is 7. The first-order chi connectivity index (χ1) is 18.4. The summed E-state index contributed by atoms with van der Waals surface area (Å²) in [5.41, 5.74) is 16.0. The maximum Gasteiger partial charge on any atom is 0.251 e. The van der Waals surface area contributed by atoms with Crippen molar-refractivity contribution in [3.63, 3.8) is 0 Å². The highest BCUT2D eigenvalue weighted by molar-refractivity contribution is 5.94. The Hall–Kier alpha value is -4.83. The highest BCUT2D eigenvalue weighted by Gasteiger charge is 2.17. The van der Waals surface area contributed by atoms with Crippen molar-refractivity contribution in [2.45, 2.75) is 13.5 Å². The molecule has 6 N–H and O–H groups in total. The van der Waals surface area contributed by atoms with E-state index in [1.54, 1.807) is 6.20 Å². The van der Waals surface area contributed by atoms with E-state index in [1.807, 2.05) is 49.4 Å². The van der Waals surface area contributed by atoms with Crippen LogP contribution in [0.5, 0.6) is 5.75 Å². The summed E-state index contributed by atoms with van der Waals surface area (Å²) >= 11 is 0. The van der Waals surface area contributed by atoms with E-state index < -0.39 is 11.7 Å². The lowest BCUT2D eigenvalue weighted by Crippen LogP contribution is -2.13. The molecule has 3 heterocycles. The maximum atomic E-state index is 13.9. The van der Waals surface area contributed by atoms with Crippen molar-refractivity contribution >= 4 is 22.5 Å². The van der Waals surface area contributed by atoms with E-state index in [9.17, 15) is 9.18 Å². The van der Waals surface area contributed by atoms with E-state index >= 15 is 0 Å². The fourth-order valence-electron chi connectivity index (χ4n) is 4.11. The van der Waals surface area contributed by atoms with Crippen LogP contribution >= 0.6 is 0 Å². The molecule has 10 heteroatoms. The Morgan fingerprint density at radius 1 is 1.11 bits per heavy atom. The van der Waals surface area contributed by atoms with Crippen LogP contribution in [-0.4, -0.2) is 39.0 Å². The quantitative estimate of drug-likeness (QED) is 0.232. The van der Waals surface area contributed by atoms with Crippen LogP contribution in [0.25, 0.3) is 33.5 Å². The predicted octanol–water partition coefficient (Wildman–Crippen LogP) is 4.18. The number of aryl methyl sites for hydroxylation is 1. The van der Waals surface area contributed by atoms with Gasteiger partial charge in [-0.25, -0.2) is 9.37 Å². The number of nitrogens with zero attached hydrogens (tertiary/aromatic N) is 3. The molecule has 5 rings (SSSR count). The number of ether oxygens (including phenoxy) is 1. The van der Waals surface area contributed by atoms with Crippen molar-refractivity contribution in [3.05, 3.63) is 89.8 Å². The average Bonchev–Trinajstić information content (AvgIpc) is 3.35. The summed E-state index contributed by atoms with van der Waals surface area (Å²) in [6.45, 7) is 3.03. The number of hydrogen-bond donors (Lipinski definition) is 4. The van der Waals surface area contributed by atoms with Gasteiger partial charge in [0, 0.05) is 28.9 Å². The smallest absolute Gasteiger partial charge is 0.251 e. The number of H-pyrrole nitrogens is 1. The monoisotopic (exact) mass is 511 g/mol. The largest absolute Gasteiger partial charge is 0.491 e. The van der Waals surface area contributed by atoms with Gasteiger partial charge in [0.25, 0.3) is 5.91 Å². The molecular weight excluding hydrogens is 485 g/mol. The number of aromatic nitrogens is 4. The predicted molar refractivity (Wildman–Crippen MR) is 144 cm³/mol. The standard InChI is InChI=1S/C28H26FN7O2/c1-16-3-2-4-24(34-16)27-26(17-5-8-23-18(11-17)12-20(14-33-23)38-10-9-30)35-25(36-27)15-32-19-6-7-22(29)21(13-19)28(31)37/h2-8,11-14,32H,9-10,15,30H2,1H3,(H2,31,37)(H,35,36). The SMILES string of the molecule is Cc1cccc(-c2[nH]c(CNc3ccc(F)c(C(N)=O)c3)nc2-c2ccc3ncc(OCCN)cc3c2)n1. The number of carbonyl (C=O) groups excluding carboxylic acids is 1. The second-order valence-corrected chi connectivity index (χ2v) is 8.70. The Bertz CT molecular complexity index is 1630. The second kappa shape index (κ2) is 10.7. The Kier molecular flexibility index (Phi) is 6.96. The zero-order chi connectivity index (χ0) is 26.6. The lowest BCUT2D eigenvalue weighted by Gasteiger charge is -2.07. The van der Waals surface area contributed by atoms with Gasteiger partial charge in [0.05, 0.1) is 40.9 Å². The molecule has 0 aliphatic heterocycles. The highest BCUT2D eigenvalue weighted by Crippen LogP contribution is 2.32. The fourth-order valence-corrected chi connectivity index (χ4v) is 4.11. The highest BCUT2D eigenvalue weighted by atomic mass is 19.1. The lowest BCUT2D eigenvalue weighted by molar-refractivity contribution is 0.0996. The first-order valence-corrected chi connectivity index (χ1v) is 12.0. The van der Waals surface area contributed by atoms with E-state index in [-0.39, 0.29) is 12.1 Å². The number of rotatable bonds is 9. The normalized spacial score (nSPS) is 11.0. The minimum absolute atomic E-state index is 0.181. The zero-order valence-corrected chi connectivity index (χ0v) is 20.7. The number of fused-ring (bicyclic) bond motifs is 1. The number of halogens is 1. The number of nitrogens with two attached hydrogens (primary N) is 2. The number of imidazole rings is 1. The van der Waals surface area contributed by atoms with E-state index in [1.165, 1.54) is 18.2 Å². The molecule has 0 aliphatic rings. The molecule has 0 saturated heterocycles. The van der Waals surface area contributed by atoms with Crippen LogP contribution in [0.2, 0.25) is 0 Å². The Labute approximate surface area is 218 Å². The van der Waals surface area contributed by atoms with Gasteiger partial charge in [0.1, 0.15) is 24.0 Å². The first-order valence-electron chi connectivity index (χ1n) is 12.0. The summed E-state index contributed by atoms with van der Waals surface area (Å²) in [6, 6.07) is 17.7. The molecule has 0 bridgehead atoms. The van der Waals surface area contributed by atoms with Gasteiger partial charge in [-0.2, -0.15) is 0 Å². The minimum atomic E-state index is -0.832. The summed E-state index contributed by atoms with van der Waals surface area (Å²) in [6.07, 6.45) is 1.68. The van der Waals surface area contributed by atoms with Crippen molar-refractivity contribution in [2.24, 2.45) is 11.5 Å². The van der Waals surface area contributed by atoms with Crippen molar-refractivity contribution in [2.75, 3.05) is 18.5 Å². The average molecular weight is 512 g/mol. The summed E-state index contributed by atoms with van der Waals surface area (Å²) in [5, 5.41) is 4.07. The van der Waals surface area contributed by atoms with Crippen molar-refractivity contribution in [3.8, 4) is 28.4 Å². The number of amides is 1. The Morgan fingerprint density at radius 2 is 1.97 bits per heavy atom. The number of anilines is 1. The van der Waals surface area contributed by atoms with Gasteiger partial charge < -0.3 is 26.5 Å². The third-order valence-electron chi connectivity index (χ3n) is 5.91. The fraction of sp³-hybridized carbons (Fsp3) is 0.143. The van der Waals surface area contributed by atoms with Gasteiger partial charge in [-0.15, -0.1) is 0 Å². The Morgan fingerprint density at radius 3 is 2.76 bits per heavy atom. The molecule has 9 nitrogen and oxygen atoms in total. The number of aromatic amines is 1. The molecule has 0 spiro atoms. The van der Waals surface area contributed by atoms with Crippen molar-refractivity contribution in [1.29, 1.82) is 0 Å². The molecule has 0 unspecified atom stereocenters. The molecule has 0 fully saturated rings. The van der Waals surface area contributed by atoms with Crippen molar-refractivity contribution in [1.82, 2.24) is 19.9 Å². The van der Waals surface area contributed by atoms with Gasteiger partial charge in [-0.05, 0) is 55.5 Å². The number of carbonyl (C=O) groups is 1. The number of nitrogens with one attached hydrogen (secondary N) is 2. The first kappa shape index (κ1) is 24.8. The summed E-state index contributed by atoms with van der Waals surface area (Å²) in [7, 11) is 0. The van der Waals surface area contributed by atoms with Crippen molar-refractivity contribution < 1.29 is 13.9 Å². The maximum absolute atomic E-state index is 13.9. The van der Waals surface area contributed by atoms with E-state index in [0.29, 0.717) is 36.1 Å². The molecule has 3 aromatic heterocycles. The van der Waals surface area contributed by atoms with E-state index in [0.717, 1.165) is 33.5 Å². The van der Waals surface area contributed by atoms with Crippen LogP contribution in [0, 0.1) is 12.7 Å². The molecule has 1 amide bonds. The lowest BCUT2D eigenvalue weighted by atomic mass is 10.1. The molecular formula is C28H26FN7O2. The van der Waals surface area contributed by atoms with Gasteiger partial charge in [0.2, 0.25) is 0 Å². The van der Waals surface area contributed by atoms with Gasteiger partial charge in [-0.1, -0.05) is 12.1 Å². The van der Waals surface area contributed by atoms with Gasteiger partial charge in [0.15, 0.2) is 0 Å². The zero-order valence-electron chi connectivity index (χ0n) is 20.7. The van der Waals surface area contributed by atoms with Gasteiger partial charge >= 0.3 is 0 Å². The second-order valence-electron chi connectivity index (χ2n) is 8.70. The molecule has 0 aliphatic carbocycles. The summed E-state index contributed by atoms with van der Waals surface area (Å²) in [5.74, 6) is -0.233. The van der Waals surface area contributed by atoms with Crippen LogP contribution in [0.4, 0.5) is 10.1 Å². The summed E-state index contributed by atoms with van der Waals surface area (Å²) in [4.78, 5) is 28.9. The number of primary amides is 1. The molecule has 0 radical (unpaired) electrons. The summed E-state index contributed by atoms with van der Waals surface area (Å²) < 4.78 is 19.5. The number of pyridine rings is 2. The topological polar surface area (TPSA) is 145 Å². The van der Waals surface area contributed by atoms with Crippen LogP contribution in [0.15, 0.2) is 66.9 Å². The van der Waals surface area contributed by atoms with Crippen LogP contribution < -0.4 is 21.5 Å². The molecule has 38 heavy (non-hydrogen) atoms. The van der Waals surface area contributed by atoms with Crippen LogP contribution in [-0.2, 0) is 6.54 Å². The molecule has 2 aromatic carbocycles.